The Morgan fingerprint density at radius 1 is 1.00 bits per heavy atom. The van der Waals surface area contributed by atoms with Gasteiger partial charge in [-0.1, -0.05) is 25.1 Å². The number of hydrogen-bond donors (Lipinski definition) is 3. The SMILES string of the molecule is CCC(=O)NC(=Nc1cc(S(=O)(=O)c2ccccc2)ccc1NC(C)=O)NC(=O)OC(C)C. The predicted octanol–water partition coefficient (Wildman–Crippen LogP) is 3.13. The molecule has 3 amide bonds. The number of nitrogens with zero attached hydrogens (tertiary/aromatic N) is 1. The fraction of sp³-hybridized carbons (Fsp3) is 0.273. The highest BCUT2D eigenvalue weighted by molar-refractivity contribution is 7.91. The number of carbonyl (C=O) groups excluding carboxylic acids is 3. The first kappa shape index (κ1) is 25.5. The molecular formula is C22H26N4O6S. The summed E-state index contributed by atoms with van der Waals surface area (Å²) in [6, 6.07) is 11.7. The molecule has 0 unspecified atom stereocenters. The zero-order valence-electron chi connectivity index (χ0n) is 18.7. The number of rotatable bonds is 6. The van der Waals surface area contributed by atoms with Gasteiger partial charge in [-0.15, -0.1) is 0 Å². The lowest BCUT2D eigenvalue weighted by molar-refractivity contribution is -0.119. The van der Waals surface area contributed by atoms with Crippen molar-refractivity contribution >= 4 is 45.1 Å². The monoisotopic (exact) mass is 474 g/mol. The van der Waals surface area contributed by atoms with Crippen LogP contribution in [0.2, 0.25) is 0 Å². The molecule has 11 heteroatoms. The van der Waals surface area contributed by atoms with E-state index in [9.17, 15) is 22.8 Å². The van der Waals surface area contributed by atoms with E-state index in [-0.39, 0.29) is 33.5 Å². The molecule has 10 nitrogen and oxygen atoms in total. The van der Waals surface area contributed by atoms with E-state index in [0.29, 0.717) is 0 Å². The van der Waals surface area contributed by atoms with Crippen LogP contribution in [0.3, 0.4) is 0 Å². The molecule has 2 aromatic rings. The number of anilines is 1. The van der Waals surface area contributed by atoms with Crippen LogP contribution in [0.5, 0.6) is 0 Å². The number of hydrogen-bond acceptors (Lipinski definition) is 7. The van der Waals surface area contributed by atoms with Crippen LogP contribution in [-0.2, 0) is 24.2 Å². The first-order valence-corrected chi connectivity index (χ1v) is 11.6. The van der Waals surface area contributed by atoms with Crippen molar-refractivity contribution in [1.29, 1.82) is 0 Å². The Morgan fingerprint density at radius 3 is 2.24 bits per heavy atom. The number of alkyl carbamates (subject to hydrolysis) is 1. The van der Waals surface area contributed by atoms with E-state index >= 15 is 0 Å². The minimum atomic E-state index is -3.89. The Hall–Kier alpha value is -3.73. The molecule has 2 rings (SSSR count). The van der Waals surface area contributed by atoms with Crippen molar-refractivity contribution in [3.63, 3.8) is 0 Å². The van der Waals surface area contributed by atoms with Gasteiger partial charge >= 0.3 is 6.09 Å². The van der Waals surface area contributed by atoms with Crippen molar-refractivity contribution in [2.45, 2.75) is 50.0 Å². The van der Waals surface area contributed by atoms with Crippen LogP contribution in [0.25, 0.3) is 0 Å². The number of benzene rings is 2. The molecule has 0 aromatic heterocycles. The van der Waals surface area contributed by atoms with Crippen LogP contribution >= 0.6 is 0 Å². The first-order chi connectivity index (χ1) is 15.5. The first-order valence-electron chi connectivity index (χ1n) is 10.1. The van der Waals surface area contributed by atoms with E-state index in [4.69, 9.17) is 4.74 Å². The van der Waals surface area contributed by atoms with E-state index in [1.165, 1.54) is 37.3 Å². The molecule has 0 bridgehead atoms. The minimum absolute atomic E-state index is 0.00143. The van der Waals surface area contributed by atoms with E-state index in [1.807, 2.05) is 0 Å². The number of nitrogens with one attached hydrogen (secondary N) is 3. The Labute approximate surface area is 192 Å². The number of guanidine groups is 1. The van der Waals surface area contributed by atoms with Crippen LogP contribution in [-0.4, -0.2) is 38.4 Å². The van der Waals surface area contributed by atoms with E-state index in [2.05, 4.69) is 20.9 Å². The van der Waals surface area contributed by atoms with Crippen LogP contribution in [0.4, 0.5) is 16.2 Å². The summed E-state index contributed by atoms with van der Waals surface area (Å²) in [7, 11) is -3.89. The van der Waals surface area contributed by atoms with Crippen LogP contribution < -0.4 is 16.0 Å². The smallest absolute Gasteiger partial charge is 0.414 e. The summed E-state index contributed by atoms with van der Waals surface area (Å²) < 4.78 is 31.1. The average Bonchev–Trinajstić information content (AvgIpc) is 2.74. The molecule has 0 atom stereocenters. The maximum absolute atomic E-state index is 13.0. The van der Waals surface area contributed by atoms with Crippen molar-refractivity contribution in [3.8, 4) is 0 Å². The van der Waals surface area contributed by atoms with Gasteiger partial charge in [0.2, 0.25) is 27.6 Å². The Balaban J connectivity index is 2.58. The summed E-state index contributed by atoms with van der Waals surface area (Å²) in [5.41, 5.74) is 0.176. The van der Waals surface area contributed by atoms with Gasteiger partial charge in [0, 0.05) is 13.3 Å². The van der Waals surface area contributed by atoms with Crippen molar-refractivity contribution in [3.05, 3.63) is 48.5 Å². The van der Waals surface area contributed by atoms with Gasteiger partial charge in [0.1, 0.15) is 0 Å². The van der Waals surface area contributed by atoms with Gasteiger partial charge in [-0.05, 0) is 44.2 Å². The van der Waals surface area contributed by atoms with Crippen LogP contribution in [0.1, 0.15) is 34.1 Å². The Kier molecular flexibility index (Phi) is 8.69. The highest BCUT2D eigenvalue weighted by Gasteiger charge is 2.20. The molecule has 0 saturated heterocycles. The second-order valence-corrected chi connectivity index (χ2v) is 9.07. The summed E-state index contributed by atoms with van der Waals surface area (Å²) in [6.45, 7) is 6.18. The van der Waals surface area contributed by atoms with Gasteiger partial charge in [0.05, 0.1) is 27.3 Å². The molecule has 0 aliphatic heterocycles. The topological polar surface area (TPSA) is 143 Å². The molecule has 0 fully saturated rings. The van der Waals surface area contributed by atoms with Crippen molar-refractivity contribution in [1.82, 2.24) is 10.6 Å². The molecular weight excluding hydrogens is 448 g/mol. The number of amides is 3. The summed E-state index contributed by atoms with van der Waals surface area (Å²) in [4.78, 5) is 39.8. The molecule has 0 saturated carbocycles. The summed E-state index contributed by atoms with van der Waals surface area (Å²) in [5, 5.41) is 7.31. The lowest BCUT2D eigenvalue weighted by Crippen LogP contribution is -2.44. The predicted molar refractivity (Wildman–Crippen MR) is 123 cm³/mol. The lowest BCUT2D eigenvalue weighted by Gasteiger charge is -2.14. The van der Waals surface area contributed by atoms with Crippen molar-refractivity contribution in [2.75, 3.05) is 5.32 Å². The zero-order chi connectivity index (χ0) is 24.6. The minimum Gasteiger partial charge on any atom is -0.447 e. The quantitative estimate of drug-likeness (QED) is 0.434. The van der Waals surface area contributed by atoms with Gasteiger partial charge in [0.15, 0.2) is 0 Å². The van der Waals surface area contributed by atoms with Gasteiger partial charge in [-0.3, -0.25) is 20.2 Å². The summed E-state index contributed by atoms with van der Waals surface area (Å²) >= 11 is 0. The zero-order valence-corrected chi connectivity index (χ0v) is 19.5. The number of ether oxygens (including phenoxy) is 1. The lowest BCUT2D eigenvalue weighted by atomic mass is 10.2. The normalized spacial score (nSPS) is 11.6. The van der Waals surface area contributed by atoms with Crippen molar-refractivity contribution in [2.24, 2.45) is 4.99 Å². The number of carbonyl (C=O) groups is 3. The third-order valence-electron chi connectivity index (χ3n) is 4.02. The molecule has 0 aliphatic rings. The number of aliphatic imine (C=N–C) groups is 1. The molecule has 33 heavy (non-hydrogen) atoms. The van der Waals surface area contributed by atoms with E-state index in [0.717, 1.165) is 0 Å². The second-order valence-electron chi connectivity index (χ2n) is 7.12. The van der Waals surface area contributed by atoms with E-state index < -0.39 is 33.8 Å². The van der Waals surface area contributed by atoms with Crippen molar-refractivity contribution < 1.29 is 27.5 Å². The Morgan fingerprint density at radius 2 is 1.67 bits per heavy atom. The highest BCUT2D eigenvalue weighted by Crippen LogP contribution is 2.31. The van der Waals surface area contributed by atoms with Gasteiger partial charge < -0.3 is 10.1 Å². The molecule has 3 N–H and O–H groups in total. The summed E-state index contributed by atoms with van der Waals surface area (Å²) in [6.07, 6.45) is -1.20. The fourth-order valence-electron chi connectivity index (χ4n) is 2.57. The maximum atomic E-state index is 13.0. The largest absolute Gasteiger partial charge is 0.447 e. The molecule has 2 aromatic carbocycles. The van der Waals surface area contributed by atoms with Crippen LogP contribution in [0.15, 0.2) is 63.3 Å². The molecule has 0 spiro atoms. The van der Waals surface area contributed by atoms with Gasteiger partial charge in [-0.2, -0.15) is 0 Å². The third-order valence-corrected chi connectivity index (χ3v) is 5.79. The standard InChI is InChI=1S/C22H26N4O6S/c1-5-20(28)25-21(26-22(29)32-14(2)3)24-19-13-17(11-12-18(19)23-15(4)27)33(30,31)16-9-7-6-8-10-16/h6-14H,5H2,1-4H3,(H,23,27)(H2,24,25,26,28,29). The van der Waals surface area contributed by atoms with Gasteiger partial charge in [-0.25, -0.2) is 18.2 Å². The number of sulfone groups is 1. The second kappa shape index (κ2) is 11.2. The average molecular weight is 475 g/mol. The van der Waals surface area contributed by atoms with Gasteiger partial charge in [0.25, 0.3) is 0 Å². The molecule has 0 heterocycles. The fourth-order valence-corrected chi connectivity index (χ4v) is 3.87. The molecule has 0 aliphatic carbocycles. The summed E-state index contributed by atoms with van der Waals surface area (Å²) in [5.74, 6) is -1.16. The molecule has 0 radical (unpaired) electrons. The Bertz CT molecular complexity index is 1160. The van der Waals surface area contributed by atoms with Crippen LogP contribution in [0, 0.1) is 0 Å². The highest BCUT2D eigenvalue weighted by atomic mass is 32.2. The molecule has 176 valence electrons. The maximum Gasteiger partial charge on any atom is 0.414 e. The third kappa shape index (κ3) is 7.42. The van der Waals surface area contributed by atoms with E-state index in [1.54, 1.807) is 39.0 Å².